The van der Waals surface area contributed by atoms with Crippen LogP contribution in [-0.2, 0) is 4.79 Å². The van der Waals surface area contributed by atoms with Crippen LogP contribution in [-0.4, -0.2) is 38.4 Å². The lowest BCUT2D eigenvalue weighted by atomic mass is 10.1. The molecule has 0 heterocycles. The van der Waals surface area contributed by atoms with E-state index in [9.17, 15) is 14.4 Å². The van der Waals surface area contributed by atoms with Crippen molar-refractivity contribution in [2.45, 2.75) is 0 Å². The Labute approximate surface area is 181 Å². The lowest BCUT2D eigenvalue weighted by Gasteiger charge is -2.17. The number of hydrogen-bond acceptors (Lipinski definition) is 4. The molecule has 0 unspecified atom stereocenters. The molecule has 0 saturated heterocycles. The number of carbonyl (C=O) groups excluding carboxylic acids is 3. The van der Waals surface area contributed by atoms with Gasteiger partial charge in [0.2, 0.25) is 5.91 Å². The van der Waals surface area contributed by atoms with Gasteiger partial charge in [0, 0.05) is 42.3 Å². The first-order valence-corrected chi connectivity index (χ1v) is 9.77. The molecule has 0 spiro atoms. The number of benzene rings is 3. The second-order valence-corrected chi connectivity index (χ2v) is 6.84. The highest BCUT2D eigenvalue weighted by atomic mass is 16.2. The maximum Gasteiger partial charge on any atom is 0.258 e. The number of para-hydroxylation sites is 1. The van der Waals surface area contributed by atoms with Gasteiger partial charge < -0.3 is 20.9 Å². The quantitative estimate of drug-likeness (QED) is 0.551. The first kappa shape index (κ1) is 21.6. The molecule has 0 saturated carbocycles. The van der Waals surface area contributed by atoms with Crippen LogP contribution in [0.2, 0.25) is 0 Å². The summed E-state index contributed by atoms with van der Waals surface area (Å²) in [6, 6.07) is 23.0. The fraction of sp³-hybridized carbons (Fsp3) is 0.125. The molecule has 7 heteroatoms. The molecule has 0 aromatic heterocycles. The van der Waals surface area contributed by atoms with Crippen LogP contribution < -0.4 is 20.9 Å². The van der Waals surface area contributed by atoms with Crippen molar-refractivity contribution in [1.82, 2.24) is 5.32 Å². The van der Waals surface area contributed by atoms with Gasteiger partial charge in [-0.1, -0.05) is 18.2 Å². The van der Waals surface area contributed by atoms with Gasteiger partial charge in [-0.2, -0.15) is 0 Å². The molecule has 3 rings (SSSR count). The topological polar surface area (TPSA) is 90.5 Å². The van der Waals surface area contributed by atoms with Crippen LogP contribution in [0.5, 0.6) is 0 Å². The Morgan fingerprint density at radius 1 is 0.774 bits per heavy atom. The van der Waals surface area contributed by atoms with Gasteiger partial charge >= 0.3 is 0 Å². The lowest BCUT2D eigenvalue weighted by molar-refractivity contribution is -0.114. The van der Waals surface area contributed by atoms with Crippen LogP contribution in [0.3, 0.4) is 0 Å². The average Bonchev–Trinajstić information content (AvgIpc) is 2.82. The minimum atomic E-state index is -0.226. The third-order valence-electron chi connectivity index (χ3n) is 4.69. The maximum absolute atomic E-state index is 12.6. The van der Waals surface area contributed by atoms with E-state index in [1.54, 1.807) is 67.5 Å². The van der Waals surface area contributed by atoms with Gasteiger partial charge in [-0.15, -0.1) is 0 Å². The summed E-state index contributed by atoms with van der Waals surface area (Å²) in [6.45, 7) is 0.0662. The van der Waals surface area contributed by atoms with Crippen molar-refractivity contribution in [1.29, 1.82) is 0 Å². The molecule has 0 aliphatic heterocycles. The summed E-state index contributed by atoms with van der Waals surface area (Å²) in [5, 5.41) is 8.35. The highest BCUT2D eigenvalue weighted by molar-refractivity contribution is 6.06. The van der Waals surface area contributed by atoms with Crippen molar-refractivity contribution in [3.05, 3.63) is 90.0 Å². The van der Waals surface area contributed by atoms with E-state index in [2.05, 4.69) is 16.0 Å². The van der Waals surface area contributed by atoms with E-state index >= 15 is 0 Å². The van der Waals surface area contributed by atoms with Crippen LogP contribution >= 0.6 is 0 Å². The molecular weight excluding hydrogens is 392 g/mol. The van der Waals surface area contributed by atoms with Gasteiger partial charge in [0.05, 0.1) is 6.54 Å². The number of carbonyl (C=O) groups is 3. The van der Waals surface area contributed by atoms with Crippen LogP contribution in [0, 0.1) is 0 Å². The zero-order valence-electron chi connectivity index (χ0n) is 17.4. The normalized spacial score (nSPS) is 10.1. The third-order valence-corrected chi connectivity index (χ3v) is 4.69. The summed E-state index contributed by atoms with van der Waals surface area (Å²) in [7, 11) is 3.29. The van der Waals surface area contributed by atoms with Crippen LogP contribution in [0.1, 0.15) is 20.7 Å². The van der Waals surface area contributed by atoms with Gasteiger partial charge in [0.15, 0.2) is 0 Å². The number of hydrogen-bond donors (Lipinski definition) is 3. The van der Waals surface area contributed by atoms with Crippen molar-refractivity contribution in [2.24, 2.45) is 0 Å². The van der Waals surface area contributed by atoms with Gasteiger partial charge in [0.25, 0.3) is 11.8 Å². The summed E-state index contributed by atoms with van der Waals surface area (Å²) in [5.41, 5.74) is 3.21. The monoisotopic (exact) mass is 416 g/mol. The molecule has 3 aromatic rings. The summed E-state index contributed by atoms with van der Waals surface area (Å²) in [6.07, 6.45) is 0. The van der Waals surface area contributed by atoms with Crippen LogP contribution in [0.25, 0.3) is 0 Å². The smallest absolute Gasteiger partial charge is 0.258 e. The highest BCUT2D eigenvalue weighted by Gasteiger charge is 2.13. The summed E-state index contributed by atoms with van der Waals surface area (Å²) < 4.78 is 0. The largest absolute Gasteiger partial charge is 0.376 e. The predicted octanol–water partition coefficient (Wildman–Crippen LogP) is 3.37. The fourth-order valence-electron chi connectivity index (χ4n) is 2.93. The number of anilines is 3. The number of nitrogens with one attached hydrogen (secondary N) is 3. The highest BCUT2D eigenvalue weighted by Crippen LogP contribution is 2.17. The average molecular weight is 416 g/mol. The SMILES string of the molecule is CNC(=O)c1ccc(NCC(=O)Nc2ccc(C(=O)N(C)c3ccccc3)cc2)cc1. The van der Waals surface area contributed by atoms with Gasteiger partial charge in [-0.05, 0) is 60.7 Å². The number of amides is 3. The van der Waals surface area contributed by atoms with E-state index < -0.39 is 0 Å². The van der Waals surface area contributed by atoms with E-state index in [0.717, 1.165) is 11.4 Å². The van der Waals surface area contributed by atoms with Crippen molar-refractivity contribution < 1.29 is 14.4 Å². The zero-order chi connectivity index (χ0) is 22.2. The summed E-state index contributed by atoms with van der Waals surface area (Å²) >= 11 is 0. The Hall–Kier alpha value is -4.13. The lowest BCUT2D eigenvalue weighted by Crippen LogP contribution is -2.26. The molecule has 7 nitrogen and oxygen atoms in total. The van der Waals surface area contributed by atoms with E-state index in [0.29, 0.717) is 16.8 Å². The molecule has 0 aliphatic rings. The summed E-state index contributed by atoms with van der Waals surface area (Å²) in [5.74, 6) is -0.525. The molecule has 3 amide bonds. The molecule has 0 aliphatic carbocycles. The Bertz CT molecular complexity index is 1050. The minimum absolute atomic E-state index is 0.0662. The van der Waals surface area contributed by atoms with Crippen molar-refractivity contribution in [2.75, 3.05) is 36.2 Å². The second-order valence-electron chi connectivity index (χ2n) is 6.84. The van der Waals surface area contributed by atoms with E-state index in [1.807, 2.05) is 30.3 Å². The molecule has 158 valence electrons. The van der Waals surface area contributed by atoms with Crippen LogP contribution in [0.15, 0.2) is 78.9 Å². The zero-order valence-corrected chi connectivity index (χ0v) is 17.4. The first-order chi connectivity index (χ1) is 15.0. The standard InChI is InChI=1S/C24H24N4O3/c1-25-23(30)17-8-12-19(13-9-17)26-16-22(29)27-20-14-10-18(11-15-20)24(31)28(2)21-6-4-3-5-7-21/h3-15,26H,16H2,1-2H3,(H,25,30)(H,27,29). The van der Waals surface area contributed by atoms with Crippen molar-refractivity contribution >= 4 is 34.8 Å². The second kappa shape index (κ2) is 10.1. The van der Waals surface area contributed by atoms with Crippen LogP contribution in [0.4, 0.5) is 17.1 Å². The molecule has 0 radical (unpaired) electrons. The Kier molecular flexibility index (Phi) is 7.01. The minimum Gasteiger partial charge on any atom is -0.376 e. The maximum atomic E-state index is 12.6. The molecular formula is C24H24N4O3. The molecule has 3 aromatic carbocycles. The predicted molar refractivity (Wildman–Crippen MR) is 123 cm³/mol. The fourth-order valence-corrected chi connectivity index (χ4v) is 2.93. The van der Waals surface area contributed by atoms with Gasteiger partial charge in [0.1, 0.15) is 0 Å². The first-order valence-electron chi connectivity index (χ1n) is 9.77. The molecule has 0 fully saturated rings. The van der Waals surface area contributed by atoms with E-state index in [-0.39, 0.29) is 24.3 Å². The molecule has 0 atom stereocenters. The van der Waals surface area contributed by atoms with Gasteiger partial charge in [-0.25, -0.2) is 0 Å². The number of rotatable bonds is 7. The van der Waals surface area contributed by atoms with Gasteiger partial charge in [-0.3, -0.25) is 14.4 Å². The molecule has 0 bridgehead atoms. The molecule has 3 N–H and O–H groups in total. The van der Waals surface area contributed by atoms with Crippen molar-refractivity contribution in [3.63, 3.8) is 0 Å². The Balaban J connectivity index is 1.53. The van der Waals surface area contributed by atoms with E-state index in [1.165, 1.54) is 0 Å². The Morgan fingerprint density at radius 3 is 1.97 bits per heavy atom. The summed E-state index contributed by atoms with van der Waals surface area (Å²) in [4.78, 5) is 38.0. The third kappa shape index (κ3) is 5.70. The molecule has 31 heavy (non-hydrogen) atoms. The van der Waals surface area contributed by atoms with E-state index in [4.69, 9.17) is 0 Å². The number of nitrogens with zero attached hydrogens (tertiary/aromatic N) is 1. The van der Waals surface area contributed by atoms with Crippen molar-refractivity contribution in [3.8, 4) is 0 Å². The Morgan fingerprint density at radius 2 is 1.35 bits per heavy atom.